The Bertz CT molecular complexity index is 578. The summed E-state index contributed by atoms with van der Waals surface area (Å²) in [4.78, 5) is 14.1. The zero-order chi connectivity index (χ0) is 12.5. The molecule has 0 aliphatic carbocycles. The van der Waals surface area contributed by atoms with Gasteiger partial charge in [0.15, 0.2) is 0 Å². The van der Waals surface area contributed by atoms with Crippen LogP contribution in [0.15, 0.2) is 24.4 Å². The van der Waals surface area contributed by atoms with Crippen molar-refractivity contribution in [2.24, 2.45) is 0 Å². The number of carbonyl (C=O) groups excluding carboxylic acids is 1. The molecule has 1 unspecified atom stereocenters. The number of aromatic amines is 1. The van der Waals surface area contributed by atoms with Crippen molar-refractivity contribution in [3.8, 4) is 0 Å². The first kappa shape index (κ1) is 11.2. The van der Waals surface area contributed by atoms with Crippen molar-refractivity contribution in [3.63, 3.8) is 0 Å². The maximum Gasteiger partial charge on any atom is 0.254 e. The molecule has 1 saturated heterocycles. The summed E-state index contributed by atoms with van der Waals surface area (Å²) >= 11 is 0. The Kier molecular flexibility index (Phi) is 2.76. The van der Waals surface area contributed by atoms with Crippen LogP contribution < -0.4 is 0 Å². The summed E-state index contributed by atoms with van der Waals surface area (Å²) in [5.41, 5.74) is 1.58. The molecule has 1 atom stereocenters. The van der Waals surface area contributed by atoms with E-state index in [1.165, 1.54) is 0 Å². The van der Waals surface area contributed by atoms with Gasteiger partial charge in [-0.1, -0.05) is 0 Å². The van der Waals surface area contributed by atoms with Crippen molar-refractivity contribution in [1.29, 1.82) is 0 Å². The maximum atomic E-state index is 12.4. The number of amides is 1. The number of fused-ring (bicyclic) bond motifs is 1. The van der Waals surface area contributed by atoms with Crippen molar-refractivity contribution in [2.75, 3.05) is 13.2 Å². The maximum absolute atomic E-state index is 12.4. The first-order valence-electron chi connectivity index (χ1n) is 6.14. The Morgan fingerprint density at radius 1 is 1.56 bits per heavy atom. The topological polar surface area (TPSA) is 69.2 Å². The number of rotatable bonds is 2. The van der Waals surface area contributed by atoms with Gasteiger partial charge >= 0.3 is 0 Å². The van der Waals surface area contributed by atoms with Crippen LogP contribution in [-0.2, 0) is 0 Å². The summed E-state index contributed by atoms with van der Waals surface area (Å²) in [6.45, 7) is 0.771. The van der Waals surface area contributed by atoms with E-state index < -0.39 is 0 Å². The van der Waals surface area contributed by atoms with Crippen LogP contribution in [0, 0.1) is 0 Å². The van der Waals surface area contributed by atoms with Gasteiger partial charge in [0, 0.05) is 17.5 Å². The number of carbonyl (C=O) groups is 1. The standard InChI is InChI=1S/C13H15N3O2/c17-8-11-2-1-5-16(11)13(18)9-3-4-12-10(6-9)7-14-15-12/h3-4,6-7,11,17H,1-2,5,8H2,(H,14,15). The summed E-state index contributed by atoms with van der Waals surface area (Å²) in [6.07, 6.45) is 3.56. The van der Waals surface area contributed by atoms with Crippen LogP contribution in [0.25, 0.3) is 10.9 Å². The number of benzene rings is 1. The molecule has 2 aromatic rings. The highest BCUT2D eigenvalue weighted by molar-refractivity contribution is 5.98. The number of H-pyrrole nitrogens is 1. The third kappa shape index (κ3) is 1.76. The molecule has 1 amide bonds. The lowest BCUT2D eigenvalue weighted by Crippen LogP contribution is -2.37. The second kappa shape index (κ2) is 4.42. The van der Waals surface area contributed by atoms with Crippen molar-refractivity contribution in [1.82, 2.24) is 15.1 Å². The van der Waals surface area contributed by atoms with E-state index in [2.05, 4.69) is 10.2 Å². The lowest BCUT2D eigenvalue weighted by Gasteiger charge is -2.23. The van der Waals surface area contributed by atoms with Gasteiger partial charge < -0.3 is 10.0 Å². The molecule has 0 bridgehead atoms. The molecular formula is C13H15N3O2. The van der Waals surface area contributed by atoms with Crippen molar-refractivity contribution < 1.29 is 9.90 Å². The van der Waals surface area contributed by atoms with Gasteiger partial charge in [-0.3, -0.25) is 9.89 Å². The molecule has 1 aromatic carbocycles. The lowest BCUT2D eigenvalue weighted by atomic mass is 10.1. The quantitative estimate of drug-likeness (QED) is 0.834. The summed E-state index contributed by atoms with van der Waals surface area (Å²) in [7, 11) is 0. The molecule has 1 aliphatic rings. The van der Waals surface area contributed by atoms with E-state index in [-0.39, 0.29) is 18.6 Å². The monoisotopic (exact) mass is 245 g/mol. The molecule has 3 rings (SSSR count). The number of hydrogen-bond acceptors (Lipinski definition) is 3. The van der Waals surface area contributed by atoms with Crippen LogP contribution in [0.1, 0.15) is 23.2 Å². The first-order chi connectivity index (χ1) is 8.79. The van der Waals surface area contributed by atoms with Gasteiger partial charge in [-0.15, -0.1) is 0 Å². The number of nitrogens with one attached hydrogen (secondary N) is 1. The second-order valence-corrected chi connectivity index (χ2v) is 4.65. The predicted molar refractivity (Wildman–Crippen MR) is 67.2 cm³/mol. The highest BCUT2D eigenvalue weighted by atomic mass is 16.3. The Morgan fingerprint density at radius 2 is 2.44 bits per heavy atom. The second-order valence-electron chi connectivity index (χ2n) is 4.65. The summed E-state index contributed by atoms with van der Waals surface area (Å²) in [5, 5.41) is 17.0. The number of aromatic nitrogens is 2. The average Bonchev–Trinajstić information content (AvgIpc) is 3.05. The van der Waals surface area contributed by atoms with Gasteiger partial charge in [0.2, 0.25) is 0 Å². The lowest BCUT2D eigenvalue weighted by molar-refractivity contribution is 0.0678. The molecule has 2 N–H and O–H groups in total. The van der Waals surface area contributed by atoms with Crippen LogP contribution in [0.5, 0.6) is 0 Å². The highest BCUT2D eigenvalue weighted by Gasteiger charge is 2.28. The SMILES string of the molecule is O=C(c1ccc2[nH]ncc2c1)N1CCCC1CO. The molecule has 0 radical (unpaired) electrons. The van der Waals surface area contributed by atoms with E-state index in [1.807, 2.05) is 12.1 Å². The Morgan fingerprint density at radius 3 is 3.28 bits per heavy atom. The average molecular weight is 245 g/mol. The molecular weight excluding hydrogens is 230 g/mol. The van der Waals surface area contributed by atoms with E-state index in [9.17, 15) is 9.90 Å². The highest BCUT2D eigenvalue weighted by Crippen LogP contribution is 2.21. The minimum Gasteiger partial charge on any atom is -0.394 e. The number of aliphatic hydroxyl groups excluding tert-OH is 1. The molecule has 94 valence electrons. The molecule has 0 saturated carbocycles. The first-order valence-corrected chi connectivity index (χ1v) is 6.14. The summed E-state index contributed by atoms with van der Waals surface area (Å²) in [5.74, 6) is -0.00495. The smallest absolute Gasteiger partial charge is 0.254 e. The van der Waals surface area contributed by atoms with Crippen LogP contribution in [-0.4, -0.2) is 45.3 Å². The summed E-state index contributed by atoms with van der Waals surface area (Å²) < 4.78 is 0. The van der Waals surface area contributed by atoms with E-state index in [4.69, 9.17) is 0 Å². The van der Waals surface area contributed by atoms with Crippen molar-refractivity contribution >= 4 is 16.8 Å². The van der Waals surface area contributed by atoms with Gasteiger partial charge in [0.25, 0.3) is 5.91 Å². The van der Waals surface area contributed by atoms with Gasteiger partial charge in [-0.25, -0.2) is 0 Å². The molecule has 1 aliphatic heterocycles. The zero-order valence-corrected chi connectivity index (χ0v) is 9.97. The minimum atomic E-state index is -0.0300. The third-order valence-corrected chi connectivity index (χ3v) is 3.54. The van der Waals surface area contributed by atoms with Crippen molar-refractivity contribution in [3.05, 3.63) is 30.0 Å². The minimum absolute atomic E-state index is 0.00495. The van der Waals surface area contributed by atoms with Crippen LogP contribution >= 0.6 is 0 Å². The van der Waals surface area contributed by atoms with Gasteiger partial charge in [0.1, 0.15) is 0 Å². The number of hydrogen-bond donors (Lipinski definition) is 2. The fraction of sp³-hybridized carbons (Fsp3) is 0.385. The Balaban J connectivity index is 1.91. The van der Waals surface area contributed by atoms with E-state index >= 15 is 0 Å². The number of aliphatic hydroxyl groups is 1. The van der Waals surface area contributed by atoms with Crippen molar-refractivity contribution in [2.45, 2.75) is 18.9 Å². The van der Waals surface area contributed by atoms with Gasteiger partial charge in [0.05, 0.1) is 24.4 Å². The predicted octanol–water partition coefficient (Wildman–Crippen LogP) is 1.16. The molecule has 5 nitrogen and oxygen atoms in total. The molecule has 0 spiro atoms. The molecule has 2 heterocycles. The molecule has 1 fully saturated rings. The van der Waals surface area contributed by atoms with E-state index in [0.29, 0.717) is 5.56 Å². The molecule has 5 heteroatoms. The zero-order valence-electron chi connectivity index (χ0n) is 9.97. The van der Waals surface area contributed by atoms with Crippen LogP contribution in [0.3, 0.4) is 0 Å². The Hall–Kier alpha value is -1.88. The van der Waals surface area contributed by atoms with Crippen LogP contribution in [0.4, 0.5) is 0 Å². The number of nitrogens with zero attached hydrogens (tertiary/aromatic N) is 2. The van der Waals surface area contributed by atoms with Gasteiger partial charge in [-0.05, 0) is 31.0 Å². The van der Waals surface area contributed by atoms with E-state index in [1.54, 1.807) is 17.2 Å². The third-order valence-electron chi connectivity index (χ3n) is 3.54. The molecule has 18 heavy (non-hydrogen) atoms. The Labute approximate surface area is 104 Å². The largest absolute Gasteiger partial charge is 0.394 e. The van der Waals surface area contributed by atoms with E-state index in [0.717, 1.165) is 30.3 Å². The van der Waals surface area contributed by atoms with Crippen LogP contribution in [0.2, 0.25) is 0 Å². The number of likely N-dealkylation sites (tertiary alicyclic amines) is 1. The van der Waals surface area contributed by atoms with Gasteiger partial charge in [-0.2, -0.15) is 5.10 Å². The summed E-state index contributed by atoms with van der Waals surface area (Å²) in [6, 6.07) is 5.47. The fourth-order valence-electron chi connectivity index (χ4n) is 2.53. The fourth-order valence-corrected chi connectivity index (χ4v) is 2.53. The normalized spacial score (nSPS) is 19.6. The molecule has 1 aromatic heterocycles.